The molecule has 0 saturated heterocycles. The van der Waals surface area contributed by atoms with Crippen LogP contribution in [-0.4, -0.2) is 28.0 Å². The Kier molecular flexibility index (Phi) is 4.43. The van der Waals surface area contributed by atoms with Gasteiger partial charge in [-0.1, -0.05) is 24.3 Å². The van der Waals surface area contributed by atoms with Crippen LogP contribution >= 0.6 is 11.3 Å². The predicted molar refractivity (Wildman–Crippen MR) is 89.5 cm³/mol. The van der Waals surface area contributed by atoms with Gasteiger partial charge in [0, 0.05) is 5.92 Å². The number of carbonyl (C=O) groups excluding carboxylic acids is 1. The summed E-state index contributed by atoms with van der Waals surface area (Å²) in [7, 11) is 0. The van der Waals surface area contributed by atoms with Crippen LogP contribution in [0.4, 0.5) is 0 Å². The normalized spacial score (nSPS) is 22.0. The van der Waals surface area contributed by atoms with E-state index in [1.807, 2.05) is 30.3 Å². The fourth-order valence-corrected chi connectivity index (χ4v) is 3.95. The van der Waals surface area contributed by atoms with Crippen molar-refractivity contribution in [3.63, 3.8) is 0 Å². The number of carboxylic acid groups (broad SMARTS) is 1. The SMILES string of the molecule is C[C@H](NC(=O)C1CC=CCC1c1nc2ccccc2s1)C(=O)O. The lowest BCUT2D eigenvalue weighted by atomic mass is 9.82. The zero-order valence-electron chi connectivity index (χ0n) is 12.7. The summed E-state index contributed by atoms with van der Waals surface area (Å²) in [6.45, 7) is 1.48. The number of fused-ring (bicyclic) bond motifs is 1. The zero-order valence-corrected chi connectivity index (χ0v) is 13.5. The lowest BCUT2D eigenvalue weighted by molar-refractivity contribution is -0.142. The maximum Gasteiger partial charge on any atom is 0.325 e. The molecule has 120 valence electrons. The summed E-state index contributed by atoms with van der Waals surface area (Å²) in [6.07, 6.45) is 5.42. The summed E-state index contributed by atoms with van der Waals surface area (Å²) in [4.78, 5) is 28.1. The van der Waals surface area contributed by atoms with E-state index in [0.29, 0.717) is 6.42 Å². The van der Waals surface area contributed by atoms with Crippen molar-refractivity contribution >= 4 is 33.4 Å². The van der Waals surface area contributed by atoms with Gasteiger partial charge in [-0.15, -0.1) is 11.3 Å². The number of hydrogen-bond donors (Lipinski definition) is 2. The Balaban J connectivity index is 1.85. The second-order valence-corrected chi connectivity index (χ2v) is 6.81. The van der Waals surface area contributed by atoms with E-state index >= 15 is 0 Å². The minimum atomic E-state index is -1.03. The summed E-state index contributed by atoms with van der Waals surface area (Å²) in [5, 5.41) is 12.5. The van der Waals surface area contributed by atoms with Crippen LogP contribution in [0.5, 0.6) is 0 Å². The molecule has 1 aliphatic rings. The van der Waals surface area contributed by atoms with Gasteiger partial charge in [-0.25, -0.2) is 4.98 Å². The van der Waals surface area contributed by atoms with E-state index in [9.17, 15) is 9.59 Å². The second kappa shape index (κ2) is 6.50. The molecule has 1 heterocycles. The molecular formula is C17H18N2O3S. The van der Waals surface area contributed by atoms with E-state index in [1.165, 1.54) is 6.92 Å². The van der Waals surface area contributed by atoms with Gasteiger partial charge in [0.25, 0.3) is 0 Å². The number of rotatable bonds is 4. The molecule has 0 spiro atoms. The molecule has 0 aliphatic heterocycles. The lowest BCUT2D eigenvalue weighted by Crippen LogP contribution is -2.43. The highest BCUT2D eigenvalue weighted by atomic mass is 32.1. The number of aromatic nitrogens is 1. The number of aliphatic carboxylic acids is 1. The highest BCUT2D eigenvalue weighted by Gasteiger charge is 2.33. The lowest BCUT2D eigenvalue weighted by Gasteiger charge is -2.26. The molecule has 2 N–H and O–H groups in total. The monoisotopic (exact) mass is 330 g/mol. The van der Waals surface area contributed by atoms with E-state index in [-0.39, 0.29) is 17.7 Å². The van der Waals surface area contributed by atoms with Gasteiger partial charge in [-0.3, -0.25) is 9.59 Å². The van der Waals surface area contributed by atoms with E-state index in [1.54, 1.807) is 11.3 Å². The summed E-state index contributed by atoms with van der Waals surface area (Å²) < 4.78 is 1.11. The van der Waals surface area contributed by atoms with Gasteiger partial charge >= 0.3 is 5.97 Å². The predicted octanol–water partition coefficient (Wildman–Crippen LogP) is 2.94. The van der Waals surface area contributed by atoms with Gasteiger partial charge in [0.05, 0.1) is 21.1 Å². The molecule has 2 unspecified atom stereocenters. The Bertz CT molecular complexity index is 735. The Morgan fingerprint density at radius 1 is 1.30 bits per heavy atom. The number of para-hydroxylation sites is 1. The van der Waals surface area contributed by atoms with Crippen molar-refractivity contribution in [3.8, 4) is 0 Å². The van der Waals surface area contributed by atoms with Crippen LogP contribution in [-0.2, 0) is 9.59 Å². The van der Waals surface area contributed by atoms with Gasteiger partial charge in [-0.2, -0.15) is 0 Å². The number of thiazole rings is 1. The van der Waals surface area contributed by atoms with Crippen molar-refractivity contribution in [3.05, 3.63) is 41.4 Å². The van der Waals surface area contributed by atoms with Crippen LogP contribution in [0.15, 0.2) is 36.4 Å². The van der Waals surface area contributed by atoms with Crippen molar-refractivity contribution < 1.29 is 14.7 Å². The number of amides is 1. The first kappa shape index (κ1) is 15.7. The number of allylic oxidation sites excluding steroid dienone is 2. The van der Waals surface area contributed by atoms with E-state index in [0.717, 1.165) is 21.6 Å². The Hall–Kier alpha value is -2.21. The van der Waals surface area contributed by atoms with Gasteiger partial charge in [0.2, 0.25) is 5.91 Å². The molecule has 0 bridgehead atoms. The Morgan fingerprint density at radius 3 is 2.78 bits per heavy atom. The standard InChI is InChI=1S/C17H18N2O3S/c1-10(17(21)22)18-15(20)11-6-2-3-7-12(11)16-19-13-8-4-5-9-14(13)23-16/h2-5,8-12H,6-7H2,1H3,(H,18,20)(H,21,22)/t10-,11?,12?/m0/s1. The largest absolute Gasteiger partial charge is 0.480 e. The Morgan fingerprint density at radius 2 is 2.04 bits per heavy atom. The fraction of sp³-hybridized carbons (Fsp3) is 0.353. The molecule has 2 aromatic rings. The molecule has 0 fully saturated rings. The van der Waals surface area contributed by atoms with Crippen LogP contribution in [0, 0.1) is 5.92 Å². The van der Waals surface area contributed by atoms with Gasteiger partial charge in [0.1, 0.15) is 6.04 Å². The summed E-state index contributed by atoms with van der Waals surface area (Å²) in [5.74, 6) is -1.52. The number of hydrogen-bond acceptors (Lipinski definition) is 4. The van der Waals surface area contributed by atoms with Crippen molar-refractivity contribution in [2.45, 2.75) is 31.7 Å². The van der Waals surface area contributed by atoms with Crippen LogP contribution in [0.25, 0.3) is 10.2 Å². The first-order valence-corrected chi connectivity index (χ1v) is 8.41. The maximum absolute atomic E-state index is 12.5. The Labute approximate surface area is 138 Å². The second-order valence-electron chi connectivity index (χ2n) is 5.74. The number of carboxylic acids is 1. The van der Waals surface area contributed by atoms with Crippen molar-refractivity contribution in [1.29, 1.82) is 0 Å². The highest BCUT2D eigenvalue weighted by Crippen LogP contribution is 2.38. The molecule has 0 saturated carbocycles. The third-order valence-electron chi connectivity index (χ3n) is 4.13. The number of nitrogens with zero attached hydrogens (tertiary/aromatic N) is 1. The molecule has 23 heavy (non-hydrogen) atoms. The van der Waals surface area contributed by atoms with E-state index in [4.69, 9.17) is 5.11 Å². The van der Waals surface area contributed by atoms with Crippen LogP contribution < -0.4 is 5.32 Å². The summed E-state index contributed by atoms with van der Waals surface area (Å²) in [6, 6.07) is 7.03. The van der Waals surface area contributed by atoms with Crippen LogP contribution in [0.3, 0.4) is 0 Å². The minimum absolute atomic E-state index is 0.00149. The minimum Gasteiger partial charge on any atom is -0.480 e. The molecular weight excluding hydrogens is 312 g/mol. The topological polar surface area (TPSA) is 79.3 Å². The van der Waals surface area contributed by atoms with E-state index in [2.05, 4.69) is 16.4 Å². The first-order chi connectivity index (χ1) is 11.1. The third-order valence-corrected chi connectivity index (χ3v) is 5.29. The summed E-state index contributed by atoms with van der Waals surface area (Å²) >= 11 is 1.61. The van der Waals surface area contributed by atoms with Crippen LogP contribution in [0.2, 0.25) is 0 Å². The van der Waals surface area contributed by atoms with Crippen molar-refractivity contribution in [2.24, 2.45) is 5.92 Å². The number of nitrogens with one attached hydrogen (secondary N) is 1. The van der Waals surface area contributed by atoms with Gasteiger partial charge in [0.15, 0.2) is 0 Å². The summed E-state index contributed by atoms with van der Waals surface area (Å²) in [5.41, 5.74) is 0.945. The molecule has 3 rings (SSSR count). The van der Waals surface area contributed by atoms with Crippen molar-refractivity contribution in [2.75, 3.05) is 0 Å². The first-order valence-electron chi connectivity index (χ1n) is 7.60. The zero-order chi connectivity index (χ0) is 16.4. The highest BCUT2D eigenvalue weighted by molar-refractivity contribution is 7.18. The number of carbonyl (C=O) groups is 2. The quantitative estimate of drug-likeness (QED) is 0.845. The average molecular weight is 330 g/mol. The molecule has 5 nitrogen and oxygen atoms in total. The molecule has 3 atom stereocenters. The van der Waals surface area contributed by atoms with Crippen LogP contribution in [0.1, 0.15) is 30.7 Å². The molecule has 0 radical (unpaired) electrons. The average Bonchev–Trinajstić information content (AvgIpc) is 2.98. The van der Waals surface area contributed by atoms with Crippen molar-refractivity contribution in [1.82, 2.24) is 10.3 Å². The van der Waals surface area contributed by atoms with Gasteiger partial charge < -0.3 is 10.4 Å². The van der Waals surface area contributed by atoms with Gasteiger partial charge in [-0.05, 0) is 31.9 Å². The molecule has 1 amide bonds. The number of benzene rings is 1. The third kappa shape index (κ3) is 3.27. The molecule has 1 aromatic carbocycles. The molecule has 1 aromatic heterocycles. The molecule has 6 heteroatoms. The fourth-order valence-electron chi connectivity index (χ4n) is 2.81. The molecule has 1 aliphatic carbocycles. The van der Waals surface area contributed by atoms with E-state index < -0.39 is 12.0 Å². The smallest absolute Gasteiger partial charge is 0.325 e. The maximum atomic E-state index is 12.5.